The van der Waals surface area contributed by atoms with E-state index in [-0.39, 0.29) is 12.5 Å². The van der Waals surface area contributed by atoms with Gasteiger partial charge in [-0.1, -0.05) is 30.3 Å². The lowest BCUT2D eigenvalue weighted by Gasteiger charge is -2.23. The summed E-state index contributed by atoms with van der Waals surface area (Å²) in [6, 6.07) is 8.40. The summed E-state index contributed by atoms with van der Waals surface area (Å²) in [6.07, 6.45) is -0.133. The molecular formula is C17H26N2O4. The molecule has 6 heteroatoms. The van der Waals surface area contributed by atoms with Crippen molar-refractivity contribution in [3.05, 3.63) is 35.9 Å². The van der Waals surface area contributed by atoms with Gasteiger partial charge in [0.25, 0.3) is 0 Å². The zero-order valence-electron chi connectivity index (χ0n) is 14.1. The Morgan fingerprint density at radius 3 is 2.30 bits per heavy atom. The molecule has 3 N–H and O–H groups in total. The van der Waals surface area contributed by atoms with E-state index < -0.39 is 23.8 Å². The summed E-state index contributed by atoms with van der Waals surface area (Å²) >= 11 is 0. The Hall–Kier alpha value is -2.08. The zero-order valence-corrected chi connectivity index (χ0v) is 14.1. The Labute approximate surface area is 137 Å². The highest BCUT2D eigenvalue weighted by atomic mass is 16.6. The molecule has 0 saturated carbocycles. The lowest BCUT2D eigenvalue weighted by molar-refractivity contribution is -0.123. The largest absolute Gasteiger partial charge is 0.444 e. The van der Waals surface area contributed by atoms with Crippen molar-refractivity contribution >= 4 is 12.0 Å². The molecule has 0 aliphatic rings. The lowest BCUT2D eigenvalue weighted by atomic mass is 10.1. The second kappa shape index (κ2) is 8.53. The molecule has 2 amide bonds. The van der Waals surface area contributed by atoms with Gasteiger partial charge in [-0.15, -0.1) is 0 Å². The molecule has 0 bridgehead atoms. The summed E-state index contributed by atoms with van der Waals surface area (Å²) in [5.74, 6) is -0.370. The number of hydrogen-bond acceptors (Lipinski definition) is 4. The molecule has 6 nitrogen and oxygen atoms in total. The fourth-order valence-corrected chi connectivity index (χ4v) is 1.94. The van der Waals surface area contributed by atoms with Gasteiger partial charge in [0.15, 0.2) is 0 Å². The minimum absolute atomic E-state index is 0.181. The molecule has 0 aliphatic heterocycles. The van der Waals surface area contributed by atoms with Gasteiger partial charge >= 0.3 is 6.09 Å². The molecule has 0 radical (unpaired) electrons. The number of carbonyl (C=O) groups is 2. The highest BCUT2D eigenvalue weighted by molar-refractivity contribution is 5.85. The van der Waals surface area contributed by atoms with Gasteiger partial charge in [-0.05, 0) is 39.7 Å². The van der Waals surface area contributed by atoms with Gasteiger partial charge in [0.1, 0.15) is 11.6 Å². The predicted octanol–water partition coefficient (Wildman–Crippen LogP) is 1.62. The first-order valence-electron chi connectivity index (χ1n) is 7.66. The van der Waals surface area contributed by atoms with Crippen molar-refractivity contribution in [3.63, 3.8) is 0 Å². The monoisotopic (exact) mass is 322 g/mol. The molecule has 23 heavy (non-hydrogen) atoms. The van der Waals surface area contributed by atoms with Crippen LogP contribution in [0.15, 0.2) is 30.3 Å². The number of benzene rings is 1. The Kier molecular flexibility index (Phi) is 7.03. The topological polar surface area (TPSA) is 87.7 Å². The van der Waals surface area contributed by atoms with Crippen molar-refractivity contribution in [2.75, 3.05) is 6.61 Å². The van der Waals surface area contributed by atoms with Gasteiger partial charge in [-0.3, -0.25) is 4.79 Å². The Balaban J connectivity index is 2.50. The maximum absolute atomic E-state index is 12.1. The van der Waals surface area contributed by atoms with Gasteiger partial charge in [0.2, 0.25) is 5.91 Å². The SMILES string of the molecule is C[C@H](NC(=O)OC(C)(C)C)C(=O)N[C@H](CO)Cc1ccccc1. The van der Waals surface area contributed by atoms with Crippen LogP contribution in [-0.2, 0) is 16.0 Å². The minimum Gasteiger partial charge on any atom is -0.444 e. The molecular weight excluding hydrogens is 296 g/mol. The molecule has 0 saturated heterocycles. The predicted molar refractivity (Wildman–Crippen MR) is 88.0 cm³/mol. The van der Waals surface area contributed by atoms with Gasteiger partial charge in [0, 0.05) is 0 Å². The van der Waals surface area contributed by atoms with Gasteiger partial charge in [-0.2, -0.15) is 0 Å². The van der Waals surface area contributed by atoms with Crippen molar-refractivity contribution in [1.29, 1.82) is 0 Å². The summed E-state index contributed by atoms with van der Waals surface area (Å²) < 4.78 is 5.11. The molecule has 0 aromatic heterocycles. The number of alkyl carbamates (subject to hydrolysis) is 1. The highest BCUT2D eigenvalue weighted by Crippen LogP contribution is 2.07. The molecule has 128 valence electrons. The van der Waals surface area contributed by atoms with Crippen LogP contribution in [0.3, 0.4) is 0 Å². The van der Waals surface area contributed by atoms with E-state index in [0.29, 0.717) is 6.42 Å². The van der Waals surface area contributed by atoms with Crippen molar-refractivity contribution in [3.8, 4) is 0 Å². The number of carbonyl (C=O) groups excluding carboxylic acids is 2. The molecule has 0 spiro atoms. The minimum atomic E-state index is -0.755. The van der Waals surface area contributed by atoms with E-state index in [1.165, 1.54) is 0 Å². The average molecular weight is 322 g/mol. The van der Waals surface area contributed by atoms with Crippen LogP contribution in [0.4, 0.5) is 4.79 Å². The van der Waals surface area contributed by atoms with E-state index in [1.54, 1.807) is 27.7 Å². The van der Waals surface area contributed by atoms with E-state index >= 15 is 0 Å². The van der Waals surface area contributed by atoms with E-state index in [9.17, 15) is 14.7 Å². The number of rotatable bonds is 6. The Morgan fingerprint density at radius 1 is 1.17 bits per heavy atom. The number of ether oxygens (including phenoxy) is 1. The van der Waals surface area contributed by atoms with Crippen LogP contribution in [0.2, 0.25) is 0 Å². The summed E-state index contributed by atoms with van der Waals surface area (Å²) in [7, 11) is 0. The van der Waals surface area contributed by atoms with E-state index in [1.807, 2.05) is 30.3 Å². The smallest absolute Gasteiger partial charge is 0.408 e. The fourth-order valence-electron chi connectivity index (χ4n) is 1.94. The zero-order chi connectivity index (χ0) is 17.5. The fraction of sp³-hybridized carbons (Fsp3) is 0.529. The Bertz CT molecular complexity index is 511. The number of hydrogen-bond donors (Lipinski definition) is 3. The van der Waals surface area contributed by atoms with Crippen LogP contribution >= 0.6 is 0 Å². The van der Waals surface area contributed by atoms with Gasteiger partial charge in [-0.25, -0.2) is 4.79 Å². The van der Waals surface area contributed by atoms with Gasteiger partial charge < -0.3 is 20.5 Å². The van der Waals surface area contributed by atoms with E-state index in [2.05, 4.69) is 10.6 Å². The lowest BCUT2D eigenvalue weighted by Crippen LogP contribution is -2.50. The number of amides is 2. The van der Waals surface area contributed by atoms with Crippen LogP contribution in [0, 0.1) is 0 Å². The molecule has 0 heterocycles. The van der Waals surface area contributed by atoms with Crippen molar-refractivity contribution < 1.29 is 19.4 Å². The van der Waals surface area contributed by atoms with Crippen LogP contribution in [0.5, 0.6) is 0 Å². The van der Waals surface area contributed by atoms with E-state index in [4.69, 9.17) is 4.74 Å². The molecule has 0 fully saturated rings. The standard InChI is InChI=1S/C17H26N2O4/c1-12(18-16(22)23-17(2,3)4)15(21)19-14(11-20)10-13-8-6-5-7-9-13/h5-9,12,14,20H,10-11H2,1-4H3,(H,18,22)(H,19,21)/t12-,14-/m0/s1. The molecule has 0 aliphatic carbocycles. The third-order valence-electron chi connectivity index (χ3n) is 3.02. The highest BCUT2D eigenvalue weighted by Gasteiger charge is 2.22. The van der Waals surface area contributed by atoms with Crippen molar-refractivity contribution in [1.82, 2.24) is 10.6 Å². The Morgan fingerprint density at radius 2 is 1.78 bits per heavy atom. The quantitative estimate of drug-likeness (QED) is 0.742. The second-order valence-electron chi connectivity index (χ2n) is 6.45. The average Bonchev–Trinajstić information content (AvgIpc) is 2.45. The summed E-state index contributed by atoms with van der Waals surface area (Å²) in [5, 5.41) is 14.6. The third kappa shape index (κ3) is 7.65. The van der Waals surface area contributed by atoms with Crippen molar-refractivity contribution in [2.45, 2.75) is 51.8 Å². The first-order chi connectivity index (χ1) is 10.7. The number of aliphatic hydroxyl groups excluding tert-OH is 1. The van der Waals surface area contributed by atoms with Crippen molar-refractivity contribution in [2.24, 2.45) is 0 Å². The van der Waals surface area contributed by atoms with Crippen LogP contribution in [-0.4, -0.2) is 41.4 Å². The number of aliphatic hydroxyl groups is 1. The maximum atomic E-state index is 12.1. The molecule has 0 unspecified atom stereocenters. The van der Waals surface area contributed by atoms with Gasteiger partial charge in [0.05, 0.1) is 12.6 Å². The second-order valence-corrected chi connectivity index (χ2v) is 6.45. The summed E-state index contributed by atoms with van der Waals surface area (Å²) in [4.78, 5) is 23.8. The molecule has 2 atom stereocenters. The molecule has 1 rings (SSSR count). The third-order valence-corrected chi connectivity index (χ3v) is 3.02. The van der Waals surface area contributed by atoms with Crippen LogP contribution in [0.25, 0.3) is 0 Å². The molecule has 1 aromatic rings. The summed E-state index contributed by atoms with van der Waals surface area (Å²) in [6.45, 7) is 6.63. The van der Waals surface area contributed by atoms with Crippen LogP contribution in [0.1, 0.15) is 33.3 Å². The first kappa shape index (κ1) is 19.0. The number of nitrogens with one attached hydrogen (secondary N) is 2. The normalized spacial score (nSPS) is 13.8. The first-order valence-corrected chi connectivity index (χ1v) is 7.66. The summed E-state index contributed by atoms with van der Waals surface area (Å²) in [5.41, 5.74) is 0.390. The van der Waals surface area contributed by atoms with Crippen LogP contribution < -0.4 is 10.6 Å². The van der Waals surface area contributed by atoms with E-state index in [0.717, 1.165) is 5.56 Å². The molecule has 1 aromatic carbocycles. The maximum Gasteiger partial charge on any atom is 0.408 e.